The third kappa shape index (κ3) is 4.79. The van der Waals surface area contributed by atoms with E-state index in [1.165, 1.54) is 12.1 Å². The van der Waals surface area contributed by atoms with Gasteiger partial charge in [0.25, 0.3) is 5.91 Å². The highest BCUT2D eigenvalue weighted by molar-refractivity contribution is 5.95. The van der Waals surface area contributed by atoms with E-state index in [9.17, 15) is 9.90 Å². The molecule has 0 fully saturated rings. The fourth-order valence-corrected chi connectivity index (χ4v) is 1.84. The first-order valence-corrected chi connectivity index (χ1v) is 6.67. The van der Waals surface area contributed by atoms with E-state index >= 15 is 0 Å². The lowest BCUT2D eigenvalue weighted by atomic mass is 10.1. The number of phenolic OH excluding ortho intramolecular Hbond substituents is 1. The number of hydrogen-bond donors (Lipinski definition) is 3. The summed E-state index contributed by atoms with van der Waals surface area (Å²) < 4.78 is 0. The molecule has 0 aliphatic heterocycles. The number of amides is 1. The van der Waals surface area contributed by atoms with E-state index in [0.29, 0.717) is 12.1 Å². The standard InChI is InChI=1S/C14H23N3O2/c1-3-17(4-2)9-5-8-16-14(19)11-6-7-13(18)12(15)10-11/h6-7,10,18H,3-5,8-9,15H2,1-2H3,(H,16,19). The fraction of sp³-hybridized carbons (Fsp3) is 0.500. The van der Waals surface area contributed by atoms with Gasteiger partial charge in [-0.3, -0.25) is 4.79 Å². The van der Waals surface area contributed by atoms with Crippen LogP contribution in [0, 0.1) is 0 Å². The first kappa shape index (κ1) is 15.3. The number of benzene rings is 1. The molecule has 0 aromatic heterocycles. The Bertz CT molecular complexity index is 417. The molecule has 0 saturated heterocycles. The summed E-state index contributed by atoms with van der Waals surface area (Å²) in [6.45, 7) is 7.92. The SMILES string of the molecule is CCN(CC)CCCNC(=O)c1ccc(O)c(N)c1. The number of rotatable bonds is 7. The van der Waals surface area contributed by atoms with Crippen molar-refractivity contribution in [2.75, 3.05) is 31.9 Å². The summed E-state index contributed by atoms with van der Waals surface area (Å²) in [5, 5.41) is 12.1. The summed E-state index contributed by atoms with van der Waals surface area (Å²) in [6, 6.07) is 4.47. The molecular formula is C14H23N3O2. The number of carbonyl (C=O) groups excluding carboxylic acids is 1. The molecule has 0 saturated carbocycles. The van der Waals surface area contributed by atoms with Crippen molar-refractivity contribution >= 4 is 11.6 Å². The zero-order chi connectivity index (χ0) is 14.3. The molecule has 0 aliphatic carbocycles. The van der Waals surface area contributed by atoms with Gasteiger partial charge in [-0.05, 0) is 44.3 Å². The molecule has 0 bridgehead atoms. The minimum atomic E-state index is -0.161. The average molecular weight is 265 g/mol. The Morgan fingerprint density at radius 1 is 1.37 bits per heavy atom. The summed E-state index contributed by atoms with van der Waals surface area (Å²) in [6.07, 6.45) is 0.918. The van der Waals surface area contributed by atoms with Crippen molar-refractivity contribution in [2.24, 2.45) is 0 Å². The van der Waals surface area contributed by atoms with Gasteiger partial charge < -0.3 is 21.1 Å². The molecule has 1 aromatic rings. The predicted octanol–water partition coefficient (Wildman–Crippen LogP) is 1.44. The molecule has 0 spiro atoms. The monoisotopic (exact) mass is 265 g/mol. The van der Waals surface area contributed by atoms with Crippen molar-refractivity contribution < 1.29 is 9.90 Å². The van der Waals surface area contributed by atoms with Gasteiger partial charge in [0.15, 0.2) is 0 Å². The Kier molecular flexibility index (Phi) is 6.15. The number of anilines is 1. The lowest BCUT2D eigenvalue weighted by Crippen LogP contribution is -2.29. The molecule has 0 aliphatic rings. The number of aromatic hydroxyl groups is 1. The third-order valence-electron chi connectivity index (χ3n) is 3.12. The van der Waals surface area contributed by atoms with E-state index in [1.807, 2.05) is 0 Å². The van der Waals surface area contributed by atoms with Gasteiger partial charge in [0, 0.05) is 12.1 Å². The average Bonchev–Trinajstić information content (AvgIpc) is 2.42. The van der Waals surface area contributed by atoms with Crippen molar-refractivity contribution in [1.82, 2.24) is 10.2 Å². The van der Waals surface area contributed by atoms with Crippen LogP contribution in [0.3, 0.4) is 0 Å². The van der Waals surface area contributed by atoms with Crippen LogP contribution in [0.15, 0.2) is 18.2 Å². The van der Waals surface area contributed by atoms with Gasteiger partial charge in [0.1, 0.15) is 5.75 Å². The van der Waals surface area contributed by atoms with E-state index in [4.69, 9.17) is 5.73 Å². The Balaban J connectivity index is 2.37. The van der Waals surface area contributed by atoms with Crippen molar-refractivity contribution in [1.29, 1.82) is 0 Å². The van der Waals surface area contributed by atoms with Crippen LogP contribution in [0.2, 0.25) is 0 Å². The van der Waals surface area contributed by atoms with Crippen LogP contribution >= 0.6 is 0 Å². The first-order valence-electron chi connectivity index (χ1n) is 6.67. The zero-order valence-corrected chi connectivity index (χ0v) is 11.6. The second kappa shape index (κ2) is 7.63. The quantitative estimate of drug-likeness (QED) is 0.396. The lowest BCUT2D eigenvalue weighted by Gasteiger charge is -2.17. The third-order valence-corrected chi connectivity index (χ3v) is 3.12. The molecule has 1 aromatic carbocycles. The van der Waals surface area contributed by atoms with E-state index in [-0.39, 0.29) is 17.3 Å². The highest BCUT2D eigenvalue weighted by atomic mass is 16.3. The van der Waals surface area contributed by atoms with Crippen LogP contribution in [-0.2, 0) is 0 Å². The molecule has 19 heavy (non-hydrogen) atoms. The van der Waals surface area contributed by atoms with Gasteiger partial charge in [0.05, 0.1) is 5.69 Å². The van der Waals surface area contributed by atoms with Crippen LogP contribution in [0.5, 0.6) is 5.75 Å². The van der Waals surface area contributed by atoms with Crippen LogP contribution in [0.25, 0.3) is 0 Å². The van der Waals surface area contributed by atoms with Gasteiger partial charge >= 0.3 is 0 Å². The largest absolute Gasteiger partial charge is 0.506 e. The Labute approximate surface area is 114 Å². The molecule has 4 N–H and O–H groups in total. The minimum absolute atomic E-state index is 0.00177. The molecule has 5 heteroatoms. The van der Waals surface area contributed by atoms with Gasteiger partial charge in [-0.15, -0.1) is 0 Å². The number of hydrogen-bond acceptors (Lipinski definition) is 4. The Hall–Kier alpha value is -1.75. The summed E-state index contributed by atoms with van der Waals surface area (Å²) in [7, 11) is 0. The summed E-state index contributed by atoms with van der Waals surface area (Å²) >= 11 is 0. The molecule has 106 valence electrons. The molecule has 0 atom stereocenters. The fourth-order valence-electron chi connectivity index (χ4n) is 1.84. The van der Waals surface area contributed by atoms with Crippen molar-refractivity contribution in [3.63, 3.8) is 0 Å². The van der Waals surface area contributed by atoms with E-state index < -0.39 is 0 Å². The number of nitrogens with zero attached hydrogens (tertiary/aromatic N) is 1. The number of nitrogens with two attached hydrogens (primary N) is 1. The lowest BCUT2D eigenvalue weighted by molar-refractivity contribution is 0.0952. The van der Waals surface area contributed by atoms with Crippen molar-refractivity contribution in [3.05, 3.63) is 23.8 Å². The summed E-state index contributed by atoms with van der Waals surface area (Å²) in [5.74, 6) is -0.163. The van der Waals surface area contributed by atoms with E-state index in [0.717, 1.165) is 26.1 Å². The maximum Gasteiger partial charge on any atom is 0.251 e. The van der Waals surface area contributed by atoms with Crippen molar-refractivity contribution in [2.45, 2.75) is 20.3 Å². The minimum Gasteiger partial charge on any atom is -0.506 e. The molecule has 1 rings (SSSR count). The number of nitrogen functional groups attached to an aromatic ring is 1. The number of phenols is 1. The van der Waals surface area contributed by atoms with Crippen molar-refractivity contribution in [3.8, 4) is 5.75 Å². The highest BCUT2D eigenvalue weighted by Crippen LogP contribution is 2.20. The summed E-state index contributed by atoms with van der Waals surface area (Å²) in [4.78, 5) is 14.1. The maximum absolute atomic E-state index is 11.8. The molecule has 1 amide bonds. The van der Waals surface area contributed by atoms with Gasteiger partial charge in [0.2, 0.25) is 0 Å². The normalized spacial score (nSPS) is 10.7. The van der Waals surface area contributed by atoms with E-state index in [1.54, 1.807) is 6.07 Å². The second-order valence-electron chi connectivity index (χ2n) is 4.41. The number of nitrogens with one attached hydrogen (secondary N) is 1. The molecule has 0 heterocycles. The predicted molar refractivity (Wildman–Crippen MR) is 77.3 cm³/mol. The zero-order valence-electron chi connectivity index (χ0n) is 11.6. The van der Waals surface area contributed by atoms with Crippen LogP contribution in [-0.4, -0.2) is 42.1 Å². The molecule has 0 unspecified atom stereocenters. The number of carbonyl (C=O) groups is 1. The van der Waals surface area contributed by atoms with Crippen LogP contribution < -0.4 is 11.1 Å². The van der Waals surface area contributed by atoms with Gasteiger partial charge in [-0.2, -0.15) is 0 Å². The molecule has 5 nitrogen and oxygen atoms in total. The van der Waals surface area contributed by atoms with Crippen LogP contribution in [0.1, 0.15) is 30.6 Å². The summed E-state index contributed by atoms with van der Waals surface area (Å²) in [5.41, 5.74) is 6.24. The maximum atomic E-state index is 11.8. The topological polar surface area (TPSA) is 78.6 Å². The molecular weight excluding hydrogens is 242 g/mol. The van der Waals surface area contributed by atoms with E-state index in [2.05, 4.69) is 24.1 Å². The van der Waals surface area contributed by atoms with Gasteiger partial charge in [-0.25, -0.2) is 0 Å². The first-order chi connectivity index (χ1) is 9.08. The Morgan fingerprint density at radius 2 is 2.05 bits per heavy atom. The van der Waals surface area contributed by atoms with Crippen LogP contribution in [0.4, 0.5) is 5.69 Å². The second-order valence-corrected chi connectivity index (χ2v) is 4.41. The Morgan fingerprint density at radius 3 is 2.63 bits per heavy atom. The highest BCUT2D eigenvalue weighted by Gasteiger charge is 2.07. The van der Waals surface area contributed by atoms with Gasteiger partial charge in [-0.1, -0.05) is 13.8 Å². The molecule has 0 radical (unpaired) electrons. The smallest absolute Gasteiger partial charge is 0.251 e.